The molecule has 0 unspecified atom stereocenters. The molecule has 1 aliphatic carbocycles. The smallest absolute Gasteiger partial charge is 0.139 e. The van der Waals surface area contributed by atoms with Crippen molar-refractivity contribution in [1.82, 2.24) is 4.90 Å². The normalized spacial score (nSPS) is 30.2. The molecule has 25 heavy (non-hydrogen) atoms. The summed E-state index contributed by atoms with van der Waals surface area (Å²) in [4.78, 5) is 2.45. The molecule has 0 radical (unpaired) electrons. The summed E-state index contributed by atoms with van der Waals surface area (Å²) in [5.41, 5.74) is 3.14. The fourth-order valence-corrected chi connectivity index (χ4v) is 4.80. The number of nitrogens with zero attached hydrogens (tertiary/aromatic N) is 1. The number of likely N-dealkylation sites (tertiary alicyclic amines) is 1. The summed E-state index contributed by atoms with van der Waals surface area (Å²) in [6.45, 7) is 2.84. The van der Waals surface area contributed by atoms with Crippen molar-refractivity contribution in [1.29, 1.82) is 0 Å². The van der Waals surface area contributed by atoms with Gasteiger partial charge in [0.05, 0.1) is 12.2 Å². The topological polar surface area (TPSA) is 56.8 Å². The summed E-state index contributed by atoms with van der Waals surface area (Å²) >= 11 is 0. The van der Waals surface area contributed by atoms with E-state index in [1.54, 1.807) is 0 Å². The van der Waals surface area contributed by atoms with Crippen LogP contribution in [0, 0.1) is 11.8 Å². The highest BCUT2D eigenvalue weighted by molar-refractivity contribution is 6.05. The molecule has 2 fully saturated rings. The maximum atomic E-state index is 9.94. The van der Waals surface area contributed by atoms with E-state index in [1.807, 2.05) is 18.2 Å². The molecule has 0 amide bonds. The highest BCUT2D eigenvalue weighted by Gasteiger charge is 2.41. The third kappa shape index (κ3) is 2.56. The molecule has 130 valence electrons. The lowest BCUT2D eigenvalue weighted by Crippen LogP contribution is -2.38. The van der Waals surface area contributed by atoms with E-state index < -0.39 is 12.2 Å². The number of aliphatic hydroxyl groups is 2. The van der Waals surface area contributed by atoms with Crippen molar-refractivity contribution in [3.05, 3.63) is 48.0 Å². The molecule has 2 aromatic carbocycles. The van der Waals surface area contributed by atoms with Crippen LogP contribution in [0.4, 0.5) is 0 Å². The lowest BCUT2D eigenvalue weighted by atomic mass is 9.79. The minimum absolute atomic E-state index is 0.494. The predicted molar refractivity (Wildman–Crippen MR) is 97.2 cm³/mol. The second-order valence-corrected chi connectivity index (χ2v) is 7.71. The maximum absolute atomic E-state index is 9.94. The summed E-state index contributed by atoms with van der Waals surface area (Å²) in [5, 5.41) is 22.2. The van der Waals surface area contributed by atoms with Crippen molar-refractivity contribution in [2.45, 2.75) is 31.6 Å². The lowest BCUT2D eigenvalue weighted by molar-refractivity contribution is -0.0372. The van der Waals surface area contributed by atoms with Crippen molar-refractivity contribution >= 4 is 21.9 Å². The van der Waals surface area contributed by atoms with Crippen molar-refractivity contribution in [3.8, 4) is 0 Å². The standard InChI is InChI=1S/C21H23NO3/c23-18-8-14-11-22(12-15(14)9-19(18)24)10-13-4-3-6-17-16-5-1-2-7-20(16)25-21(13)17/h1-7,14-15,18-19,23-24H,8-12H2/t14-,15+,18-,19-/m0/s1. The summed E-state index contributed by atoms with van der Waals surface area (Å²) in [6, 6.07) is 14.6. The molecular weight excluding hydrogens is 314 g/mol. The molecule has 4 atom stereocenters. The van der Waals surface area contributed by atoms with Crippen LogP contribution in [0.15, 0.2) is 46.9 Å². The van der Waals surface area contributed by atoms with E-state index in [9.17, 15) is 10.2 Å². The van der Waals surface area contributed by atoms with Gasteiger partial charge in [0.25, 0.3) is 0 Å². The fraction of sp³-hybridized carbons (Fsp3) is 0.429. The monoisotopic (exact) mass is 337 g/mol. The molecule has 2 heterocycles. The number of furan rings is 1. The molecule has 5 rings (SSSR count). The van der Waals surface area contributed by atoms with E-state index in [1.165, 1.54) is 16.3 Å². The molecule has 0 spiro atoms. The number of hydrogen-bond donors (Lipinski definition) is 2. The molecule has 1 saturated carbocycles. The Morgan fingerprint density at radius 1 is 0.880 bits per heavy atom. The van der Waals surface area contributed by atoms with Gasteiger partial charge in [-0.2, -0.15) is 0 Å². The van der Waals surface area contributed by atoms with Crippen LogP contribution in [-0.2, 0) is 6.54 Å². The van der Waals surface area contributed by atoms with E-state index in [4.69, 9.17) is 4.42 Å². The molecule has 1 aromatic heterocycles. The van der Waals surface area contributed by atoms with Gasteiger partial charge in [0.2, 0.25) is 0 Å². The molecule has 0 bridgehead atoms. The van der Waals surface area contributed by atoms with Crippen LogP contribution in [0.5, 0.6) is 0 Å². The number of aliphatic hydroxyl groups excluding tert-OH is 2. The number of benzene rings is 2. The highest BCUT2D eigenvalue weighted by atomic mass is 16.3. The Labute approximate surface area is 146 Å². The van der Waals surface area contributed by atoms with E-state index in [0.717, 1.165) is 43.6 Å². The van der Waals surface area contributed by atoms with Crippen molar-refractivity contribution < 1.29 is 14.6 Å². The summed E-state index contributed by atoms with van der Waals surface area (Å²) in [7, 11) is 0. The van der Waals surface area contributed by atoms with Crippen LogP contribution in [0.1, 0.15) is 18.4 Å². The Kier molecular flexibility index (Phi) is 3.59. The van der Waals surface area contributed by atoms with Crippen LogP contribution < -0.4 is 0 Å². The lowest BCUT2D eigenvalue weighted by Gasteiger charge is -2.32. The van der Waals surface area contributed by atoms with E-state index in [-0.39, 0.29) is 0 Å². The average Bonchev–Trinajstić information content (AvgIpc) is 3.17. The van der Waals surface area contributed by atoms with Gasteiger partial charge in [-0.3, -0.25) is 4.90 Å². The van der Waals surface area contributed by atoms with Crippen molar-refractivity contribution in [2.24, 2.45) is 11.8 Å². The van der Waals surface area contributed by atoms with Crippen molar-refractivity contribution in [3.63, 3.8) is 0 Å². The minimum Gasteiger partial charge on any atom is -0.456 e. The van der Waals surface area contributed by atoms with Gasteiger partial charge < -0.3 is 14.6 Å². The minimum atomic E-state index is -0.556. The maximum Gasteiger partial charge on any atom is 0.139 e. The van der Waals surface area contributed by atoms with Gasteiger partial charge in [0.1, 0.15) is 11.2 Å². The molecule has 3 aromatic rings. The number of para-hydroxylation sites is 2. The quantitative estimate of drug-likeness (QED) is 0.754. The van der Waals surface area contributed by atoms with Crippen LogP contribution in [0.25, 0.3) is 21.9 Å². The molecule has 4 heteroatoms. The third-order valence-corrected chi connectivity index (χ3v) is 6.06. The van der Waals surface area contributed by atoms with E-state index in [0.29, 0.717) is 11.8 Å². The Balaban J connectivity index is 1.43. The Morgan fingerprint density at radius 2 is 1.56 bits per heavy atom. The number of rotatable bonds is 2. The second-order valence-electron chi connectivity index (χ2n) is 7.71. The van der Waals surface area contributed by atoms with Crippen LogP contribution >= 0.6 is 0 Å². The van der Waals surface area contributed by atoms with Gasteiger partial charge in [0.15, 0.2) is 0 Å². The Bertz CT molecular complexity index is 900. The molecule has 2 aliphatic rings. The molecule has 2 N–H and O–H groups in total. The zero-order valence-electron chi connectivity index (χ0n) is 14.1. The zero-order chi connectivity index (χ0) is 17.0. The Hall–Kier alpha value is -1.88. The van der Waals surface area contributed by atoms with Crippen LogP contribution in [-0.4, -0.2) is 40.4 Å². The number of hydrogen-bond acceptors (Lipinski definition) is 4. The Morgan fingerprint density at radius 3 is 2.32 bits per heavy atom. The van der Waals surface area contributed by atoms with Gasteiger partial charge in [-0.1, -0.05) is 36.4 Å². The first-order chi connectivity index (χ1) is 12.2. The van der Waals surface area contributed by atoms with Gasteiger partial charge in [0, 0.05) is 36.0 Å². The fourth-order valence-electron chi connectivity index (χ4n) is 4.80. The first kappa shape index (κ1) is 15.4. The molecule has 4 nitrogen and oxygen atoms in total. The van der Waals surface area contributed by atoms with E-state index in [2.05, 4.69) is 29.2 Å². The number of fused-ring (bicyclic) bond motifs is 4. The SMILES string of the molecule is O[C@H]1C[C@@H]2CN(Cc3cccc4c3oc3ccccc34)C[C@@H]2C[C@@H]1O. The van der Waals surface area contributed by atoms with Gasteiger partial charge >= 0.3 is 0 Å². The summed E-state index contributed by atoms with van der Waals surface area (Å²) in [5.74, 6) is 0.988. The largest absolute Gasteiger partial charge is 0.456 e. The van der Waals surface area contributed by atoms with Crippen LogP contribution in [0.3, 0.4) is 0 Å². The summed E-state index contributed by atoms with van der Waals surface area (Å²) < 4.78 is 6.14. The third-order valence-electron chi connectivity index (χ3n) is 6.06. The average molecular weight is 337 g/mol. The molecule has 1 saturated heterocycles. The first-order valence-corrected chi connectivity index (χ1v) is 9.16. The zero-order valence-corrected chi connectivity index (χ0v) is 14.1. The van der Waals surface area contributed by atoms with E-state index >= 15 is 0 Å². The van der Waals surface area contributed by atoms with Gasteiger partial charge in [-0.15, -0.1) is 0 Å². The van der Waals surface area contributed by atoms with Crippen molar-refractivity contribution in [2.75, 3.05) is 13.1 Å². The van der Waals surface area contributed by atoms with Crippen LogP contribution in [0.2, 0.25) is 0 Å². The summed E-state index contributed by atoms with van der Waals surface area (Å²) in [6.07, 6.45) is 0.328. The van der Waals surface area contributed by atoms with Gasteiger partial charge in [-0.25, -0.2) is 0 Å². The first-order valence-electron chi connectivity index (χ1n) is 9.16. The molecule has 1 aliphatic heterocycles. The predicted octanol–water partition coefficient (Wildman–Crippen LogP) is 3.15. The molecular formula is C21H23NO3. The second kappa shape index (κ2) is 5.84. The highest BCUT2D eigenvalue weighted by Crippen LogP contribution is 2.38. The van der Waals surface area contributed by atoms with Gasteiger partial charge in [-0.05, 0) is 30.7 Å².